The van der Waals surface area contributed by atoms with Gasteiger partial charge in [0.1, 0.15) is 5.82 Å². The summed E-state index contributed by atoms with van der Waals surface area (Å²) >= 11 is 1.68. The zero-order valence-corrected chi connectivity index (χ0v) is 10.3. The van der Waals surface area contributed by atoms with E-state index in [1.54, 1.807) is 31.0 Å². The summed E-state index contributed by atoms with van der Waals surface area (Å²) in [6.07, 6.45) is 0.964. The highest BCUT2D eigenvalue weighted by molar-refractivity contribution is 7.99. The number of halogens is 1. The van der Waals surface area contributed by atoms with Crippen molar-refractivity contribution < 1.29 is 9.13 Å². The van der Waals surface area contributed by atoms with Crippen molar-refractivity contribution in [3.8, 4) is 0 Å². The third-order valence-electron chi connectivity index (χ3n) is 2.28. The Morgan fingerprint density at radius 2 is 2.19 bits per heavy atom. The molecular weight excluding hydrogens is 225 g/mol. The van der Waals surface area contributed by atoms with Crippen molar-refractivity contribution in [2.24, 2.45) is 5.73 Å². The minimum Gasteiger partial charge on any atom is -0.385 e. The fourth-order valence-corrected chi connectivity index (χ4v) is 2.53. The normalized spacial score (nSPS) is 12.7. The quantitative estimate of drug-likeness (QED) is 0.748. The van der Waals surface area contributed by atoms with Crippen LogP contribution in [0.25, 0.3) is 0 Å². The predicted molar refractivity (Wildman–Crippen MR) is 67.1 cm³/mol. The van der Waals surface area contributed by atoms with Crippen molar-refractivity contribution >= 4 is 11.8 Å². The Morgan fingerprint density at radius 3 is 2.81 bits per heavy atom. The minimum absolute atomic E-state index is 0.0399. The van der Waals surface area contributed by atoms with Crippen LogP contribution in [0.4, 0.5) is 4.39 Å². The summed E-state index contributed by atoms with van der Waals surface area (Å²) in [6.45, 7) is 1.19. The van der Waals surface area contributed by atoms with Gasteiger partial charge in [-0.05, 0) is 18.2 Å². The molecule has 1 unspecified atom stereocenters. The van der Waals surface area contributed by atoms with E-state index < -0.39 is 0 Å². The van der Waals surface area contributed by atoms with Gasteiger partial charge in [0.15, 0.2) is 0 Å². The third-order valence-corrected chi connectivity index (χ3v) is 3.65. The first kappa shape index (κ1) is 13.5. The Hall–Kier alpha value is -0.580. The second kappa shape index (κ2) is 7.65. The van der Waals surface area contributed by atoms with Gasteiger partial charge in [-0.1, -0.05) is 18.2 Å². The molecule has 0 amide bonds. The maximum atomic E-state index is 13.5. The summed E-state index contributed by atoms with van der Waals surface area (Å²) in [5.41, 5.74) is 6.37. The van der Waals surface area contributed by atoms with Gasteiger partial charge in [0, 0.05) is 31.1 Å². The Kier molecular flexibility index (Phi) is 6.45. The van der Waals surface area contributed by atoms with Crippen LogP contribution in [0.5, 0.6) is 0 Å². The number of nitrogens with two attached hydrogens (primary N) is 1. The third kappa shape index (κ3) is 4.12. The molecule has 1 rings (SSSR count). The fraction of sp³-hybridized carbons (Fsp3) is 0.500. The summed E-state index contributed by atoms with van der Waals surface area (Å²) in [4.78, 5) is 0. The Morgan fingerprint density at radius 1 is 1.44 bits per heavy atom. The molecule has 0 fully saturated rings. The van der Waals surface area contributed by atoms with Gasteiger partial charge in [-0.2, -0.15) is 11.8 Å². The van der Waals surface area contributed by atoms with E-state index in [0.29, 0.717) is 12.1 Å². The number of hydrogen-bond acceptors (Lipinski definition) is 3. The second-order valence-corrected chi connectivity index (χ2v) is 4.77. The molecule has 1 atom stereocenters. The fourth-order valence-electron chi connectivity index (χ4n) is 1.45. The molecule has 0 saturated carbocycles. The zero-order valence-electron chi connectivity index (χ0n) is 9.49. The van der Waals surface area contributed by atoms with Crippen molar-refractivity contribution in [2.75, 3.05) is 26.0 Å². The molecule has 1 aromatic carbocycles. The van der Waals surface area contributed by atoms with Crippen LogP contribution in [0.2, 0.25) is 0 Å². The molecule has 0 aliphatic rings. The smallest absolute Gasteiger partial charge is 0.127 e. The summed E-state index contributed by atoms with van der Waals surface area (Å²) in [5.74, 6) is 0.765. The Bertz CT molecular complexity index is 309. The van der Waals surface area contributed by atoms with Crippen LogP contribution >= 0.6 is 11.8 Å². The van der Waals surface area contributed by atoms with Gasteiger partial charge >= 0.3 is 0 Å². The van der Waals surface area contributed by atoms with E-state index in [0.717, 1.165) is 18.8 Å². The number of thioether (sulfide) groups is 1. The lowest BCUT2D eigenvalue weighted by Gasteiger charge is -2.15. The van der Waals surface area contributed by atoms with Crippen molar-refractivity contribution in [1.29, 1.82) is 0 Å². The molecule has 2 nitrogen and oxygen atoms in total. The topological polar surface area (TPSA) is 35.2 Å². The van der Waals surface area contributed by atoms with E-state index in [1.807, 2.05) is 6.07 Å². The van der Waals surface area contributed by atoms with Crippen molar-refractivity contribution in [3.05, 3.63) is 35.6 Å². The van der Waals surface area contributed by atoms with Gasteiger partial charge in [0.05, 0.1) is 0 Å². The first-order valence-corrected chi connectivity index (χ1v) is 6.39. The molecule has 0 bridgehead atoms. The van der Waals surface area contributed by atoms with Crippen LogP contribution in [0.3, 0.4) is 0 Å². The van der Waals surface area contributed by atoms with Gasteiger partial charge < -0.3 is 10.5 Å². The molecule has 2 N–H and O–H groups in total. The average molecular weight is 243 g/mol. The lowest BCUT2D eigenvalue weighted by atomic mass is 10.1. The minimum atomic E-state index is -0.169. The number of methoxy groups -OCH3 is 1. The summed E-state index contributed by atoms with van der Waals surface area (Å²) in [5, 5.41) is 0.0399. The number of benzene rings is 1. The highest BCUT2D eigenvalue weighted by Crippen LogP contribution is 2.29. The van der Waals surface area contributed by atoms with Gasteiger partial charge in [-0.15, -0.1) is 0 Å². The molecule has 0 heterocycles. The number of ether oxygens (including phenoxy) is 1. The van der Waals surface area contributed by atoms with Gasteiger partial charge in [0.25, 0.3) is 0 Å². The van der Waals surface area contributed by atoms with E-state index in [1.165, 1.54) is 6.07 Å². The molecule has 0 aliphatic carbocycles. The highest BCUT2D eigenvalue weighted by Gasteiger charge is 2.13. The molecular formula is C12H18FNOS. The highest BCUT2D eigenvalue weighted by atomic mass is 32.2. The van der Waals surface area contributed by atoms with Gasteiger partial charge in [-0.3, -0.25) is 0 Å². The van der Waals surface area contributed by atoms with Gasteiger partial charge in [-0.25, -0.2) is 4.39 Å². The molecule has 0 radical (unpaired) electrons. The van der Waals surface area contributed by atoms with Crippen LogP contribution < -0.4 is 5.73 Å². The number of rotatable bonds is 7. The SMILES string of the molecule is COCCCSC(CN)c1ccccc1F. The van der Waals surface area contributed by atoms with Crippen LogP contribution in [-0.2, 0) is 4.74 Å². The first-order chi connectivity index (χ1) is 7.79. The monoisotopic (exact) mass is 243 g/mol. The van der Waals surface area contributed by atoms with Crippen LogP contribution in [0.15, 0.2) is 24.3 Å². The molecule has 0 saturated heterocycles. The van der Waals surface area contributed by atoms with E-state index in [-0.39, 0.29) is 11.1 Å². The number of hydrogen-bond donors (Lipinski definition) is 1. The van der Waals surface area contributed by atoms with Crippen LogP contribution in [0, 0.1) is 5.82 Å². The maximum Gasteiger partial charge on any atom is 0.127 e. The molecule has 16 heavy (non-hydrogen) atoms. The lowest BCUT2D eigenvalue weighted by Crippen LogP contribution is -2.11. The van der Waals surface area contributed by atoms with Crippen LogP contribution in [-0.4, -0.2) is 26.0 Å². The van der Waals surface area contributed by atoms with Crippen LogP contribution in [0.1, 0.15) is 17.2 Å². The molecule has 4 heteroatoms. The summed E-state index contributed by atoms with van der Waals surface area (Å²) in [7, 11) is 1.68. The summed E-state index contributed by atoms with van der Waals surface area (Å²) in [6, 6.07) is 6.82. The molecule has 0 spiro atoms. The first-order valence-electron chi connectivity index (χ1n) is 5.34. The zero-order chi connectivity index (χ0) is 11.8. The van der Waals surface area contributed by atoms with E-state index in [4.69, 9.17) is 10.5 Å². The van der Waals surface area contributed by atoms with Crippen molar-refractivity contribution in [1.82, 2.24) is 0 Å². The predicted octanol–water partition coefficient (Wildman–Crippen LogP) is 2.60. The molecule has 1 aromatic rings. The summed E-state index contributed by atoms with van der Waals surface area (Å²) < 4.78 is 18.5. The Balaban J connectivity index is 2.51. The molecule has 90 valence electrons. The lowest BCUT2D eigenvalue weighted by molar-refractivity contribution is 0.200. The maximum absolute atomic E-state index is 13.5. The van der Waals surface area contributed by atoms with Gasteiger partial charge in [0.2, 0.25) is 0 Å². The standard InChI is InChI=1S/C12H18FNOS/c1-15-7-4-8-16-12(9-14)10-5-2-3-6-11(10)13/h2-3,5-6,12H,4,7-9,14H2,1H3. The van der Waals surface area contributed by atoms with E-state index >= 15 is 0 Å². The Labute approximate surface area is 100 Å². The van der Waals surface area contributed by atoms with E-state index in [9.17, 15) is 4.39 Å². The largest absolute Gasteiger partial charge is 0.385 e. The molecule has 0 aromatic heterocycles. The molecule has 0 aliphatic heterocycles. The van der Waals surface area contributed by atoms with Crippen molar-refractivity contribution in [3.63, 3.8) is 0 Å². The average Bonchev–Trinajstić information content (AvgIpc) is 2.31. The van der Waals surface area contributed by atoms with Crippen molar-refractivity contribution in [2.45, 2.75) is 11.7 Å². The second-order valence-electron chi connectivity index (χ2n) is 3.46. The van der Waals surface area contributed by atoms with E-state index in [2.05, 4.69) is 0 Å².